The highest BCUT2D eigenvalue weighted by atomic mass is 16.2. The summed E-state index contributed by atoms with van der Waals surface area (Å²) >= 11 is 0. The number of nitrogens with one attached hydrogen (secondary N) is 1. The van der Waals surface area contributed by atoms with Crippen molar-refractivity contribution in [3.63, 3.8) is 0 Å². The number of fused-ring (bicyclic) bond motifs is 2. The molecule has 0 amide bonds. The van der Waals surface area contributed by atoms with Crippen LogP contribution in [0.15, 0.2) is 33.4 Å². The zero-order valence-electron chi connectivity index (χ0n) is 15.2. The first-order valence-electron chi connectivity index (χ1n) is 8.43. The van der Waals surface area contributed by atoms with Crippen molar-refractivity contribution in [2.24, 2.45) is 0 Å². The minimum atomic E-state index is -0.715. The van der Waals surface area contributed by atoms with E-state index in [2.05, 4.69) is 15.0 Å². The molecule has 1 aromatic rings. The van der Waals surface area contributed by atoms with Crippen LogP contribution >= 0.6 is 0 Å². The molecule has 0 radical (unpaired) electrons. The normalized spacial score (nSPS) is 12.1. The number of H-pyrrole nitrogens is 1. The number of allylic oxidation sites excluding steroid dienone is 2. The predicted molar refractivity (Wildman–Crippen MR) is 99.6 cm³/mol. The van der Waals surface area contributed by atoms with Gasteiger partial charge in [0.05, 0.1) is 11.0 Å². The molecular weight excluding hydrogens is 332 g/mol. The van der Waals surface area contributed by atoms with Crippen LogP contribution in [0.4, 0.5) is 0 Å². The number of hydrogen-bond acceptors (Lipinski definition) is 5. The van der Waals surface area contributed by atoms with Gasteiger partial charge in [0.15, 0.2) is 17.3 Å². The molecule has 0 spiro atoms. The van der Waals surface area contributed by atoms with Crippen LogP contribution in [0.1, 0.15) is 31.4 Å². The molecular formula is C19H20N4O3. The Morgan fingerprint density at radius 2 is 1.88 bits per heavy atom. The molecule has 0 atom stereocenters. The molecule has 134 valence electrons. The topological polar surface area (TPSA) is 97.7 Å². The van der Waals surface area contributed by atoms with Crippen molar-refractivity contribution >= 4 is 16.8 Å². The van der Waals surface area contributed by atoms with Crippen molar-refractivity contribution < 1.29 is 4.79 Å². The average Bonchev–Trinajstić information content (AvgIpc) is 2.56. The molecule has 0 unspecified atom stereocenters. The number of hydrogen-bond donors (Lipinski definition) is 1. The largest absolute Gasteiger partial charge is 0.349 e. The maximum Gasteiger partial charge on any atom is 0.349 e. The monoisotopic (exact) mass is 352 g/mol. The Kier molecular flexibility index (Phi) is 4.54. The van der Waals surface area contributed by atoms with Gasteiger partial charge in [0.25, 0.3) is 5.56 Å². The standard InChI is InChI=1S/C19H20N4O3/c1-5-13(12(4)24)6-7-23-15-9-11(3)10(2)8-14(15)20-16-17(23)21-19(26)22-18(16)25/h6,8-9H,5,7H2,1-4H3,(H,22,25,26)/b13-6+. The second kappa shape index (κ2) is 6.67. The summed E-state index contributed by atoms with van der Waals surface area (Å²) in [6.45, 7) is 7.70. The van der Waals surface area contributed by atoms with Crippen LogP contribution in [0.25, 0.3) is 22.6 Å². The van der Waals surface area contributed by atoms with Gasteiger partial charge in [-0.3, -0.25) is 14.6 Å². The molecule has 2 aliphatic heterocycles. The number of aryl methyl sites for hydroxylation is 2. The minimum Gasteiger partial charge on any atom is -0.318 e. The zero-order valence-corrected chi connectivity index (χ0v) is 15.2. The second-order valence-electron chi connectivity index (χ2n) is 6.33. The lowest BCUT2D eigenvalue weighted by atomic mass is 10.1. The van der Waals surface area contributed by atoms with Crippen LogP contribution in [-0.2, 0) is 11.3 Å². The molecule has 0 fully saturated rings. The van der Waals surface area contributed by atoms with Crippen molar-refractivity contribution in [3.8, 4) is 11.5 Å². The van der Waals surface area contributed by atoms with Gasteiger partial charge in [-0.05, 0) is 56.0 Å². The van der Waals surface area contributed by atoms with E-state index in [4.69, 9.17) is 0 Å². The Bertz CT molecular complexity index is 1140. The molecule has 0 saturated heterocycles. The molecule has 0 aromatic heterocycles. The van der Waals surface area contributed by atoms with Gasteiger partial charge in [0, 0.05) is 6.54 Å². The van der Waals surface area contributed by atoms with Crippen LogP contribution in [-0.4, -0.2) is 25.3 Å². The Morgan fingerprint density at radius 1 is 1.19 bits per heavy atom. The lowest BCUT2D eigenvalue weighted by Gasteiger charge is -2.17. The molecule has 3 rings (SSSR count). The second-order valence-corrected chi connectivity index (χ2v) is 6.33. The van der Waals surface area contributed by atoms with E-state index in [0.29, 0.717) is 24.1 Å². The van der Waals surface area contributed by atoms with Gasteiger partial charge in [-0.15, -0.1) is 0 Å². The number of carbonyl (C=O) groups is 1. The highest BCUT2D eigenvalue weighted by Crippen LogP contribution is 2.24. The fourth-order valence-electron chi connectivity index (χ4n) is 2.97. The van der Waals surface area contributed by atoms with E-state index in [-0.39, 0.29) is 17.3 Å². The Labute approximate surface area is 149 Å². The zero-order chi connectivity index (χ0) is 19.0. The molecule has 0 saturated carbocycles. The van der Waals surface area contributed by atoms with Crippen molar-refractivity contribution in [2.75, 3.05) is 0 Å². The summed E-state index contributed by atoms with van der Waals surface area (Å²) in [4.78, 5) is 46.2. The van der Waals surface area contributed by atoms with Crippen LogP contribution in [0.2, 0.25) is 0 Å². The average molecular weight is 352 g/mol. The number of carbonyl (C=O) groups excluding carboxylic acids is 1. The first-order valence-corrected chi connectivity index (χ1v) is 8.43. The Morgan fingerprint density at radius 3 is 2.54 bits per heavy atom. The molecule has 7 nitrogen and oxygen atoms in total. The van der Waals surface area contributed by atoms with Gasteiger partial charge in [0.2, 0.25) is 0 Å². The fourth-order valence-corrected chi connectivity index (χ4v) is 2.97. The summed E-state index contributed by atoms with van der Waals surface area (Å²) in [5.41, 5.74) is 3.02. The van der Waals surface area contributed by atoms with Crippen molar-refractivity contribution in [1.29, 1.82) is 0 Å². The quantitative estimate of drug-likeness (QED) is 0.573. The number of aromatic nitrogens is 4. The molecule has 26 heavy (non-hydrogen) atoms. The van der Waals surface area contributed by atoms with E-state index in [1.54, 1.807) is 4.57 Å². The number of benzene rings is 1. The van der Waals surface area contributed by atoms with Gasteiger partial charge in [-0.2, -0.15) is 4.98 Å². The number of Topliss-reactive ketones (excluding diaryl/α,β-unsaturated/α-hetero) is 1. The van der Waals surface area contributed by atoms with Gasteiger partial charge in [0.1, 0.15) is 0 Å². The first-order chi connectivity index (χ1) is 12.3. The van der Waals surface area contributed by atoms with E-state index in [1.807, 2.05) is 39.0 Å². The summed E-state index contributed by atoms with van der Waals surface area (Å²) in [7, 11) is 0. The Balaban J connectivity index is 2.38. The van der Waals surface area contributed by atoms with Crippen molar-refractivity contribution in [1.82, 2.24) is 19.5 Å². The van der Waals surface area contributed by atoms with Crippen LogP contribution < -0.4 is 11.2 Å². The molecule has 2 aliphatic rings. The third-order valence-corrected chi connectivity index (χ3v) is 4.58. The predicted octanol–water partition coefficient (Wildman–Crippen LogP) is 2.13. The third kappa shape index (κ3) is 3.08. The molecule has 0 bridgehead atoms. The smallest absolute Gasteiger partial charge is 0.318 e. The SMILES string of the molecule is CC/C(=C\Cn1c2nc(=O)[nH]c(=O)c-2nc2cc(C)c(C)cc21)C(C)=O. The van der Waals surface area contributed by atoms with Crippen LogP contribution in [0.3, 0.4) is 0 Å². The molecule has 1 aromatic carbocycles. The number of aromatic amines is 1. The summed E-state index contributed by atoms with van der Waals surface area (Å²) < 4.78 is 1.76. The highest BCUT2D eigenvalue weighted by Gasteiger charge is 2.19. The summed E-state index contributed by atoms with van der Waals surface area (Å²) in [6, 6.07) is 3.86. The van der Waals surface area contributed by atoms with Crippen molar-refractivity contribution in [2.45, 2.75) is 40.7 Å². The number of rotatable bonds is 4. The summed E-state index contributed by atoms with van der Waals surface area (Å²) in [5.74, 6) is 0.211. The van der Waals surface area contributed by atoms with E-state index in [9.17, 15) is 14.4 Å². The number of ketones is 1. The summed E-state index contributed by atoms with van der Waals surface area (Å²) in [5, 5.41) is 0. The fraction of sp³-hybridized carbons (Fsp3) is 0.316. The maximum absolute atomic E-state index is 12.2. The first kappa shape index (κ1) is 17.7. The van der Waals surface area contributed by atoms with E-state index in [0.717, 1.165) is 16.6 Å². The van der Waals surface area contributed by atoms with E-state index < -0.39 is 11.2 Å². The van der Waals surface area contributed by atoms with Crippen LogP contribution in [0.5, 0.6) is 0 Å². The van der Waals surface area contributed by atoms with E-state index in [1.165, 1.54) is 6.92 Å². The molecule has 2 heterocycles. The van der Waals surface area contributed by atoms with E-state index >= 15 is 0 Å². The van der Waals surface area contributed by atoms with Crippen LogP contribution in [0, 0.1) is 13.8 Å². The van der Waals surface area contributed by atoms with Gasteiger partial charge in [-0.1, -0.05) is 13.0 Å². The number of nitrogens with zero attached hydrogens (tertiary/aromatic N) is 3. The van der Waals surface area contributed by atoms with Gasteiger partial charge >= 0.3 is 5.69 Å². The minimum absolute atomic E-state index is 0.00175. The third-order valence-electron chi connectivity index (χ3n) is 4.58. The molecule has 7 heteroatoms. The van der Waals surface area contributed by atoms with Crippen molar-refractivity contribution in [3.05, 3.63) is 55.7 Å². The maximum atomic E-state index is 12.2. The molecule has 1 N–H and O–H groups in total. The molecule has 0 aliphatic carbocycles. The summed E-state index contributed by atoms with van der Waals surface area (Å²) in [6.07, 6.45) is 2.42. The highest BCUT2D eigenvalue weighted by molar-refractivity contribution is 5.93. The Hall–Kier alpha value is -3.09. The lowest BCUT2D eigenvalue weighted by molar-refractivity contribution is -0.113. The van der Waals surface area contributed by atoms with Gasteiger partial charge in [-0.25, -0.2) is 9.78 Å². The van der Waals surface area contributed by atoms with Gasteiger partial charge < -0.3 is 4.57 Å². The lowest BCUT2D eigenvalue weighted by Crippen LogP contribution is -2.28.